The second-order valence-corrected chi connectivity index (χ2v) is 31.1. The Hall–Kier alpha value is -5.35. The molecule has 0 spiro atoms. The normalized spacial score (nSPS) is 14.8. The van der Waals surface area contributed by atoms with Crippen molar-refractivity contribution < 1.29 is 75.8 Å². The molecule has 0 saturated heterocycles. The molecule has 5 unspecified atom stereocenters. The number of hydrogen-bond acceptors (Lipinski definition) is 14. The van der Waals surface area contributed by atoms with Crippen molar-refractivity contribution in [2.75, 3.05) is 39.6 Å². The SMILES string of the molecule is CC/C=C\C/C=C\C/C=C\C/C=C\C/C=C\C/C=C\CCCCCCCCCCCCC(=O)OCC(O)COP(=O)(O)OCC(O)COP(=O)(O)OCC(COC(=O)CCCCCCCCCCCCC/C=C\C/C=C\C/C=C\C/C=C\CCCCC)OC(=O)CCCCC/C=C\C/C=C\C/C=C\C/C=C\C/C=C\CC. The molecule has 18 heteroatoms. The van der Waals surface area contributed by atoms with Crippen LogP contribution in [0, 0.1) is 0 Å². The number of phosphoric acid groups is 2. The maximum atomic E-state index is 13.0. The zero-order valence-electron chi connectivity index (χ0n) is 69.3. The van der Waals surface area contributed by atoms with E-state index in [2.05, 4.69) is 203 Å². The monoisotopic (exact) mass is 1590 g/mol. The van der Waals surface area contributed by atoms with Gasteiger partial charge >= 0.3 is 33.6 Å². The van der Waals surface area contributed by atoms with Crippen molar-refractivity contribution in [2.24, 2.45) is 0 Å². The lowest BCUT2D eigenvalue weighted by atomic mass is 10.0. The fraction of sp³-hybridized carbons (Fsp3) is 0.645. The number of carbonyl (C=O) groups excluding carboxylic acids is 3. The molecule has 0 heterocycles. The molecule has 5 atom stereocenters. The lowest BCUT2D eigenvalue weighted by molar-refractivity contribution is -0.161. The van der Waals surface area contributed by atoms with Gasteiger partial charge in [-0.1, -0.05) is 331 Å². The molecule has 0 aliphatic carbocycles. The third-order valence-electron chi connectivity index (χ3n) is 17.6. The first-order valence-electron chi connectivity index (χ1n) is 43.1. The number of esters is 3. The van der Waals surface area contributed by atoms with Crippen molar-refractivity contribution in [3.63, 3.8) is 0 Å². The van der Waals surface area contributed by atoms with Crippen LogP contribution < -0.4 is 0 Å². The van der Waals surface area contributed by atoms with E-state index >= 15 is 0 Å². The predicted molar refractivity (Wildman–Crippen MR) is 463 cm³/mol. The van der Waals surface area contributed by atoms with Crippen molar-refractivity contribution in [2.45, 2.75) is 347 Å². The summed E-state index contributed by atoms with van der Waals surface area (Å²) >= 11 is 0. The number of phosphoric ester groups is 2. The van der Waals surface area contributed by atoms with Gasteiger partial charge in [-0.15, -0.1) is 0 Å². The number of ether oxygens (including phenoxy) is 3. The van der Waals surface area contributed by atoms with Gasteiger partial charge < -0.3 is 34.2 Å². The number of hydrogen-bond donors (Lipinski definition) is 4. The van der Waals surface area contributed by atoms with Crippen LogP contribution in [0.4, 0.5) is 0 Å². The summed E-state index contributed by atoms with van der Waals surface area (Å²) in [5.74, 6) is -1.62. The van der Waals surface area contributed by atoms with Crippen LogP contribution in [-0.4, -0.2) is 95.9 Å². The lowest BCUT2D eigenvalue weighted by Crippen LogP contribution is -2.30. The quantitative estimate of drug-likeness (QED) is 0.0146. The third-order valence-corrected chi connectivity index (χ3v) is 19.5. The van der Waals surface area contributed by atoms with Crippen LogP contribution in [0.1, 0.15) is 329 Å². The molecule has 0 rings (SSSR count). The second-order valence-electron chi connectivity index (χ2n) is 28.2. The Kier molecular flexibility index (Phi) is 80.0. The Morgan fingerprint density at radius 1 is 0.261 bits per heavy atom. The molecule has 0 amide bonds. The first kappa shape index (κ1) is 106. The first-order valence-corrected chi connectivity index (χ1v) is 46.1. The van der Waals surface area contributed by atoms with E-state index in [0.717, 1.165) is 173 Å². The first-order chi connectivity index (χ1) is 54.2. The molecule has 111 heavy (non-hydrogen) atoms. The highest BCUT2D eigenvalue weighted by Crippen LogP contribution is 2.45. The number of unbranched alkanes of at least 4 members (excludes halogenated alkanes) is 27. The van der Waals surface area contributed by atoms with Crippen molar-refractivity contribution in [1.82, 2.24) is 0 Å². The van der Waals surface area contributed by atoms with E-state index in [1.807, 2.05) is 0 Å². The summed E-state index contributed by atoms with van der Waals surface area (Å²) < 4.78 is 61.3. The number of rotatable bonds is 80. The van der Waals surface area contributed by atoms with Crippen LogP contribution in [0.15, 0.2) is 182 Å². The molecule has 0 aliphatic rings. The molecule has 0 aromatic carbocycles. The van der Waals surface area contributed by atoms with Gasteiger partial charge in [0.1, 0.15) is 25.4 Å². The summed E-state index contributed by atoms with van der Waals surface area (Å²) in [6, 6.07) is 0. The topological polar surface area (TPSA) is 231 Å². The minimum absolute atomic E-state index is 0.0591. The zero-order valence-corrected chi connectivity index (χ0v) is 71.1. The van der Waals surface area contributed by atoms with Crippen LogP contribution in [0.2, 0.25) is 0 Å². The summed E-state index contributed by atoms with van der Waals surface area (Å²) in [4.78, 5) is 58.9. The van der Waals surface area contributed by atoms with E-state index < -0.39 is 91.5 Å². The highest BCUT2D eigenvalue weighted by molar-refractivity contribution is 7.47. The number of aliphatic hydroxyl groups is 2. The van der Waals surface area contributed by atoms with Gasteiger partial charge in [0.15, 0.2) is 6.10 Å². The molecule has 0 aliphatic heterocycles. The maximum Gasteiger partial charge on any atom is 0.472 e. The predicted octanol–water partition coefficient (Wildman–Crippen LogP) is 26.1. The standard InChI is InChI=1S/C93H154O16P2/c1-4-7-10-13-16-19-22-25-28-31-34-36-38-40-42-43-45-47-48-50-53-55-58-61-64-67-70-73-76-79-91(96)103-82-88(94)83-105-110(99,100)106-84-89(95)85-107-111(101,102)108-87-90(109-93(98)81-78-75-72-69-66-63-60-57-52-33-30-27-24-21-18-15-12-9-6-3)86-104-92(97)80-77-74-71-68-65-62-59-56-54-51-49-46-44-41-39-37-35-32-29-26-23-20-17-14-11-8-5-2/h7,9-10,12,16-21,25-30,34-37,40-42,44-45,47,52,57,63,66,88-90,94-95H,4-6,8,11,13-15,22-24,31-33,38-39,43,46,48-51,53-56,58-62,64-65,67-87H2,1-3H3,(H,99,100)(H,101,102)/b10-7-,12-9-,19-16-,20-17-,21-18-,28-25-,29-26-,30-27-,36-34-,37-35-,42-40-,44-41-,47-45-,57-52-,66-63-. The minimum Gasteiger partial charge on any atom is -0.463 e. The van der Waals surface area contributed by atoms with E-state index in [-0.39, 0.29) is 19.3 Å². The van der Waals surface area contributed by atoms with Gasteiger partial charge in [0.25, 0.3) is 0 Å². The van der Waals surface area contributed by atoms with Gasteiger partial charge in [0, 0.05) is 19.3 Å². The smallest absolute Gasteiger partial charge is 0.463 e. The molecular weight excluding hydrogens is 1430 g/mol. The Morgan fingerprint density at radius 2 is 0.477 bits per heavy atom. The Bertz CT molecular complexity index is 2750. The summed E-state index contributed by atoms with van der Waals surface area (Å²) in [6.07, 6.45) is 109. The van der Waals surface area contributed by atoms with Crippen LogP contribution in [0.25, 0.3) is 0 Å². The van der Waals surface area contributed by atoms with Crippen molar-refractivity contribution in [3.05, 3.63) is 182 Å². The second kappa shape index (κ2) is 84.1. The van der Waals surface area contributed by atoms with Crippen molar-refractivity contribution in [1.29, 1.82) is 0 Å². The van der Waals surface area contributed by atoms with E-state index in [9.17, 15) is 43.5 Å². The lowest BCUT2D eigenvalue weighted by Gasteiger charge is -2.21. The summed E-state index contributed by atoms with van der Waals surface area (Å²) in [7, 11) is -9.83. The van der Waals surface area contributed by atoms with E-state index in [0.29, 0.717) is 19.3 Å². The molecule has 0 saturated carbocycles. The van der Waals surface area contributed by atoms with Gasteiger partial charge in [0.2, 0.25) is 0 Å². The van der Waals surface area contributed by atoms with Gasteiger partial charge in [-0.05, 0) is 161 Å². The largest absolute Gasteiger partial charge is 0.472 e. The van der Waals surface area contributed by atoms with Crippen LogP contribution in [0.3, 0.4) is 0 Å². The molecular formula is C93H154O16P2. The fourth-order valence-electron chi connectivity index (χ4n) is 11.1. The van der Waals surface area contributed by atoms with E-state index in [4.69, 9.17) is 32.3 Å². The molecule has 632 valence electrons. The molecule has 0 radical (unpaired) electrons. The highest BCUT2D eigenvalue weighted by atomic mass is 31.2. The Morgan fingerprint density at radius 3 is 0.766 bits per heavy atom. The third kappa shape index (κ3) is 85.4. The van der Waals surface area contributed by atoms with Crippen molar-refractivity contribution >= 4 is 33.6 Å². The van der Waals surface area contributed by atoms with Crippen LogP contribution in [-0.2, 0) is 55.8 Å². The Balaban J connectivity index is 4.65. The molecule has 0 fully saturated rings. The number of carbonyl (C=O) groups is 3. The molecule has 0 aromatic heterocycles. The average Bonchev–Trinajstić information content (AvgIpc) is 0.900. The number of aliphatic hydroxyl groups excluding tert-OH is 2. The molecule has 16 nitrogen and oxygen atoms in total. The van der Waals surface area contributed by atoms with Crippen LogP contribution in [0.5, 0.6) is 0 Å². The Labute approximate surface area is 675 Å². The van der Waals surface area contributed by atoms with Crippen LogP contribution >= 0.6 is 15.6 Å². The van der Waals surface area contributed by atoms with Crippen molar-refractivity contribution in [3.8, 4) is 0 Å². The fourth-order valence-corrected chi connectivity index (χ4v) is 12.7. The average molecular weight is 1590 g/mol. The molecule has 4 N–H and O–H groups in total. The minimum atomic E-state index is -4.95. The van der Waals surface area contributed by atoms with E-state index in [1.165, 1.54) is 96.3 Å². The summed E-state index contributed by atoms with van der Waals surface area (Å²) in [5.41, 5.74) is 0. The highest BCUT2D eigenvalue weighted by Gasteiger charge is 2.29. The van der Waals surface area contributed by atoms with Gasteiger partial charge in [-0.3, -0.25) is 32.5 Å². The summed E-state index contributed by atoms with van der Waals surface area (Å²) in [5, 5.41) is 20.7. The molecule has 0 bridgehead atoms. The molecule has 0 aromatic rings. The maximum absolute atomic E-state index is 13.0. The zero-order chi connectivity index (χ0) is 80.8. The van der Waals surface area contributed by atoms with Gasteiger partial charge in [-0.25, -0.2) is 9.13 Å². The van der Waals surface area contributed by atoms with Gasteiger partial charge in [-0.2, -0.15) is 0 Å². The summed E-state index contributed by atoms with van der Waals surface area (Å²) in [6.45, 7) is 2.39. The van der Waals surface area contributed by atoms with E-state index in [1.54, 1.807) is 0 Å². The van der Waals surface area contributed by atoms with Gasteiger partial charge in [0.05, 0.1) is 26.4 Å². The number of allylic oxidation sites excluding steroid dienone is 30.